The Morgan fingerprint density at radius 1 is 1.53 bits per heavy atom. The number of hydrazine groups is 1. The molecule has 0 saturated carbocycles. The van der Waals surface area contributed by atoms with Gasteiger partial charge in [-0.3, -0.25) is 20.4 Å². The zero-order chi connectivity index (χ0) is 12.7. The number of carbonyl (C=O) groups is 2. The summed E-state index contributed by atoms with van der Waals surface area (Å²) in [6.07, 6.45) is 0. The van der Waals surface area contributed by atoms with Crippen LogP contribution in [0.25, 0.3) is 0 Å². The first-order chi connectivity index (χ1) is 8.13. The number of rotatable bonds is 5. The van der Waals surface area contributed by atoms with Crippen LogP contribution < -0.4 is 16.6 Å². The minimum atomic E-state index is -0.301. The third-order valence-corrected chi connectivity index (χ3v) is 3.95. The Labute approximate surface area is 108 Å². The van der Waals surface area contributed by atoms with Crippen molar-refractivity contribution < 1.29 is 9.59 Å². The largest absolute Gasteiger partial charge is 0.329 e. The molecule has 0 fully saturated rings. The van der Waals surface area contributed by atoms with Gasteiger partial charge >= 0.3 is 0 Å². The lowest BCUT2D eigenvalue weighted by atomic mass is 10.4. The van der Waals surface area contributed by atoms with Crippen LogP contribution >= 0.6 is 23.1 Å². The highest BCUT2D eigenvalue weighted by atomic mass is 32.2. The van der Waals surface area contributed by atoms with Crippen molar-refractivity contribution in [3.63, 3.8) is 0 Å². The molecule has 0 aliphatic heterocycles. The molecule has 7 heteroatoms. The standard InChI is InChI=1S/C10H15N3O2S2/c1-7(5-11)17-6-9(14)12-13-10(15)8-3-2-4-16-8/h2-4,7H,5-6,11H2,1H3,(H,12,14)(H,13,15). The van der Waals surface area contributed by atoms with Gasteiger partial charge in [-0.05, 0) is 11.4 Å². The van der Waals surface area contributed by atoms with Crippen molar-refractivity contribution in [1.82, 2.24) is 10.9 Å². The van der Waals surface area contributed by atoms with E-state index >= 15 is 0 Å². The average molecular weight is 273 g/mol. The second-order valence-corrected chi connectivity index (χ2v) is 5.71. The third-order valence-electron chi connectivity index (χ3n) is 1.89. The molecule has 1 aromatic rings. The summed E-state index contributed by atoms with van der Waals surface area (Å²) in [5.74, 6) is -0.256. The fourth-order valence-electron chi connectivity index (χ4n) is 0.918. The van der Waals surface area contributed by atoms with E-state index in [1.165, 1.54) is 23.1 Å². The summed E-state index contributed by atoms with van der Waals surface area (Å²) < 4.78 is 0. The molecule has 1 atom stereocenters. The molecule has 0 saturated heterocycles. The molecular formula is C10H15N3O2S2. The van der Waals surface area contributed by atoms with E-state index in [-0.39, 0.29) is 22.8 Å². The summed E-state index contributed by atoms with van der Waals surface area (Å²) in [7, 11) is 0. The predicted molar refractivity (Wildman–Crippen MR) is 70.9 cm³/mol. The average Bonchev–Trinajstić information content (AvgIpc) is 2.86. The molecule has 0 radical (unpaired) electrons. The number of carbonyl (C=O) groups excluding carboxylic acids is 2. The molecule has 1 rings (SSSR count). The summed E-state index contributed by atoms with van der Waals surface area (Å²) in [4.78, 5) is 23.4. The van der Waals surface area contributed by atoms with Gasteiger partial charge in [0.2, 0.25) is 5.91 Å². The van der Waals surface area contributed by atoms with Crippen molar-refractivity contribution in [2.24, 2.45) is 5.73 Å². The van der Waals surface area contributed by atoms with E-state index in [1.54, 1.807) is 17.5 Å². The number of hydrogen-bond acceptors (Lipinski definition) is 5. The monoisotopic (exact) mass is 273 g/mol. The Kier molecular flexibility index (Phi) is 6.03. The molecule has 0 aliphatic carbocycles. The molecule has 2 amide bonds. The van der Waals surface area contributed by atoms with Crippen LogP contribution in [0.2, 0.25) is 0 Å². The Bertz CT molecular complexity index is 368. The van der Waals surface area contributed by atoms with E-state index in [0.717, 1.165) is 0 Å². The van der Waals surface area contributed by atoms with E-state index < -0.39 is 0 Å². The van der Waals surface area contributed by atoms with Crippen molar-refractivity contribution >= 4 is 34.9 Å². The normalized spacial score (nSPS) is 11.9. The van der Waals surface area contributed by atoms with Gasteiger partial charge in [-0.25, -0.2) is 0 Å². The first kappa shape index (κ1) is 14.0. The highest BCUT2D eigenvalue weighted by Crippen LogP contribution is 2.08. The van der Waals surface area contributed by atoms with Crippen molar-refractivity contribution in [3.8, 4) is 0 Å². The maximum absolute atomic E-state index is 11.5. The van der Waals surface area contributed by atoms with Crippen LogP contribution in [0.5, 0.6) is 0 Å². The van der Waals surface area contributed by atoms with E-state index in [0.29, 0.717) is 11.4 Å². The molecule has 1 heterocycles. The van der Waals surface area contributed by atoms with Crippen molar-refractivity contribution in [2.45, 2.75) is 12.2 Å². The van der Waals surface area contributed by atoms with Crippen LogP contribution in [0, 0.1) is 0 Å². The molecular weight excluding hydrogens is 258 g/mol. The number of nitrogens with two attached hydrogens (primary N) is 1. The lowest BCUT2D eigenvalue weighted by Crippen LogP contribution is -2.42. The topological polar surface area (TPSA) is 84.2 Å². The van der Waals surface area contributed by atoms with Gasteiger partial charge in [0.15, 0.2) is 0 Å². The smallest absolute Gasteiger partial charge is 0.279 e. The summed E-state index contributed by atoms with van der Waals surface area (Å²) in [5, 5.41) is 2.03. The molecule has 0 aromatic carbocycles. The van der Waals surface area contributed by atoms with Crippen LogP contribution in [-0.4, -0.2) is 29.4 Å². The van der Waals surface area contributed by atoms with Crippen LogP contribution in [0.3, 0.4) is 0 Å². The fourth-order valence-corrected chi connectivity index (χ4v) is 2.18. The molecule has 1 aromatic heterocycles. The van der Waals surface area contributed by atoms with Gasteiger partial charge in [-0.2, -0.15) is 0 Å². The van der Waals surface area contributed by atoms with Crippen molar-refractivity contribution in [2.75, 3.05) is 12.3 Å². The summed E-state index contributed by atoms with van der Waals surface area (Å²) >= 11 is 2.77. The van der Waals surface area contributed by atoms with Crippen LogP contribution in [0.15, 0.2) is 17.5 Å². The lowest BCUT2D eigenvalue weighted by Gasteiger charge is -2.09. The van der Waals surface area contributed by atoms with Gasteiger partial charge in [0.05, 0.1) is 10.6 Å². The first-order valence-corrected chi connectivity index (χ1v) is 7.00. The van der Waals surface area contributed by atoms with Crippen molar-refractivity contribution in [3.05, 3.63) is 22.4 Å². The fraction of sp³-hybridized carbons (Fsp3) is 0.400. The Morgan fingerprint density at radius 3 is 2.88 bits per heavy atom. The van der Waals surface area contributed by atoms with Gasteiger partial charge in [0, 0.05) is 11.8 Å². The first-order valence-electron chi connectivity index (χ1n) is 5.08. The van der Waals surface area contributed by atoms with Gasteiger partial charge in [-0.1, -0.05) is 13.0 Å². The lowest BCUT2D eigenvalue weighted by molar-refractivity contribution is -0.119. The number of hydrogen-bond donors (Lipinski definition) is 3. The van der Waals surface area contributed by atoms with Crippen molar-refractivity contribution in [1.29, 1.82) is 0 Å². The van der Waals surface area contributed by atoms with E-state index in [9.17, 15) is 9.59 Å². The predicted octanol–water partition coefficient (Wildman–Crippen LogP) is 0.590. The summed E-state index contributed by atoms with van der Waals surface area (Å²) in [6.45, 7) is 2.47. The molecule has 0 aliphatic rings. The van der Waals surface area contributed by atoms with Crippen LogP contribution in [-0.2, 0) is 4.79 Å². The zero-order valence-corrected chi connectivity index (χ0v) is 11.1. The Balaban J connectivity index is 2.22. The van der Waals surface area contributed by atoms with Crippen LogP contribution in [0.1, 0.15) is 16.6 Å². The number of amides is 2. The minimum absolute atomic E-state index is 0.230. The Morgan fingerprint density at radius 2 is 2.29 bits per heavy atom. The SMILES string of the molecule is CC(CN)SCC(=O)NNC(=O)c1cccs1. The van der Waals surface area contributed by atoms with Gasteiger partial charge in [0.1, 0.15) is 0 Å². The zero-order valence-electron chi connectivity index (χ0n) is 9.43. The number of nitrogens with one attached hydrogen (secondary N) is 2. The maximum Gasteiger partial charge on any atom is 0.279 e. The number of thiophene rings is 1. The third kappa shape index (κ3) is 5.20. The van der Waals surface area contributed by atoms with Gasteiger partial charge in [-0.15, -0.1) is 23.1 Å². The van der Waals surface area contributed by atoms with E-state index in [1.807, 2.05) is 6.92 Å². The molecule has 0 bridgehead atoms. The highest BCUT2D eigenvalue weighted by Gasteiger charge is 2.09. The summed E-state index contributed by atoms with van der Waals surface area (Å²) in [5.41, 5.74) is 10.1. The summed E-state index contributed by atoms with van der Waals surface area (Å²) in [6, 6.07) is 3.47. The van der Waals surface area contributed by atoms with Crippen LogP contribution in [0.4, 0.5) is 0 Å². The second-order valence-electron chi connectivity index (χ2n) is 3.34. The van der Waals surface area contributed by atoms with E-state index in [2.05, 4.69) is 10.9 Å². The second kappa shape index (κ2) is 7.31. The Hall–Kier alpha value is -1.05. The van der Waals surface area contributed by atoms with E-state index in [4.69, 9.17) is 5.73 Å². The molecule has 0 spiro atoms. The molecule has 5 nitrogen and oxygen atoms in total. The minimum Gasteiger partial charge on any atom is -0.329 e. The maximum atomic E-state index is 11.5. The number of thioether (sulfide) groups is 1. The van der Waals surface area contributed by atoms with Gasteiger partial charge in [0.25, 0.3) is 5.91 Å². The van der Waals surface area contributed by atoms with Gasteiger partial charge < -0.3 is 5.73 Å². The highest BCUT2D eigenvalue weighted by molar-refractivity contribution is 8.00. The molecule has 94 valence electrons. The molecule has 4 N–H and O–H groups in total. The molecule has 1 unspecified atom stereocenters. The molecule has 17 heavy (non-hydrogen) atoms. The quantitative estimate of drug-likeness (QED) is 0.686.